The summed E-state index contributed by atoms with van der Waals surface area (Å²) in [6, 6.07) is 29.5. The molecule has 9 nitrogen and oxygen atoms in total. The van der Waals surface area contributed by atoms with Crippen molar-refractivity contribution in [3.63, 3.8) is 0 Å². The average molecular weight is 563 g/mol. The second-order valence-electron chi connectivity index (χ2n) is 9.48. The number of ether oxygens (including phenoxy) is 2. The van der Waals surface area contributed by atoms with E-state index in [1.807, 2.05) is 30.3 Å². The molecule has 1 heterocycles. The summed E-state index contributed by atoms with van der Waals surface area (Å²) < 4.78 is 13.0. The number of carbonyl (C=O) groups is 3. The Morgan fingerprint density at radius 1 is 0.667 bits per heavy atom. The molecule has 0 bridgehead atoms. The lowest BCUT2D eigenvalue weighted by Gasteiger charge is -2.08. The Morgan fingerprint density at radius 2 is 1.14 bits per heavy atom. The summed E-state index contributed by atoms with van der Waals surface area (Å²) in [4.78, 5) is 34.8. The van der Waals surface area contributed by atoms with Crippen LogP contribution in [-0.2, 0) is 13.2 Å². The van der Waals surface area contributed by atoms with Gasteiger partial charge in [0, 0.05) is 18.1 Å². The lowest BCUT2D eigenvalue weighted by atomic mass is 10.1. The van der Waals surface area contributed by atoms with Crippen molar-refractivity contribution in [2.75, 3.05) is 0 Å². The molecule has 0 aliphatic carbocycles. The van der Waals surface area contributed by atoms with Crippen molar-refractivity contribution in [1.82, 2.24) is 9.78 Å². The number of hydrogen-bond acceptors (Lipinski definition) is 6. The predicted octanol–water partition coefficient (Wildman–Crippen LogP) is 6.43. The Morgan fingerprint density at radius 3 is 1.60 bits per heavy atom. The zero-order chi connectivity index (χ0) is 29.6. The molecule has 210 valence electrons. The van der Waals surface area contributed by atoms with Gasteiger partial charge in [0.15, 0.2) is 0 Å². The van der Waals surface area contributed by atoms with E-state index in [4.69, 9.17) is 14.6 Å². The minimum absolute atomic E-state index is 0.199. The maximum absolute atomic E-state index is 12.4. The van der Waals surface area contributed by atoms with Gasteiger partial charge in [-0.3, -0.25) is 4.79 Å². The monoisotopic (exact) mass is 562 g/mol. The molecule has 0 spiro atoms. The number of nitrogens with zero attached hydrogens (tertiary/aromatic N) is 2. The third-order valence-corrected chi connectivity index (χ3v) is 6.47. The van der Waals surface area contributed by atoms with E-state index in [9.17, 15) is 19.5 Å². The SMILES string of the molecule is CC(=O)n1nc(-c2ccc(OCc3cccc(C(=O)O)c3)cc2)cc1-c1ccc(OCc2cccc(C(=O)O)c2)cc1. The largest absolute Gasteiger partial charge is 0.489 e. The summed E-state index contributed by atoms with van der Waals surface area (Å²) in [7, 11) is 0. The van der Waals surface area contributed by atoms with Gasteiger partial charge in [0.2, 0.25) is 5.91 Å². The minimum Gasteiger partial charge on any atom is -0.489 e. The molecule has 0 fully saturated rings. The first-order valence-corrected chi connectivity index (χ1v) is 13.0. The van der Waals surface area contributed by atoms with E-state index in [1.165, 1.54) is 23.7 Å². The van der Waals surface area contributed by atoms with Crippen LogP contribution >= 0.6 is 0 Å². The number of carboxylic acids is 2. The fraction of sp³-hybridized carbons (Fsp3) is 0.0909. The van der Waals surface area contributed by atoms with Crippen molar-refractivity contribution >= 4 is 17.8 Å². The van der Waals surface area contributed by atoms with E-state index < -0.39 is 11.9 Å². The van der Waals surface area contributed by atoms with Crippen molar-refractivity contribution in [2.45, 2.75) is 20.1 Å². The lowest BCUT2D eigenvalue weighted by molar-refractivity contribution is 0.0686. The Bertz CT molecular complexity index is 1760. The Labute approximate surface area is 241 Å². The molecule has 9 heteroatoms. The van der Waals surface area contributed by atoms with Crippen LogP contribution in [0, 0.1) is 0 Å². The van der Waals surface area contributed by atoms with Crippen LogP contribution in [0.5, 0.6) is 11.5 Å². The lowest BCUT2D eigenvalue weighted by Crippen LogP contribution is -2.09. The van der Waals surface area contributed by atoms with Crippen molar-refractivity contribution in [3.8, 4) is 34.0 Å². The van der Waals surface area contributed by atoms with Crippen molar-refractivity contribution in [3.05, 3.63) is 125 Å². The third kappa shape index (κ3) is 6.53. The molecule has 0 unspecified atom stereocenters. The number of hydrogen-bond donors (Lipinski definition) is 2. The zero-order valence-electron chi connectivity index (χ0n) is 22.6. The summed E-state index contributed by atoms with van der Waals surface area (Å²) in [5.41, 5.74) is 4.68. The minimum atomic E-state index is -0.993. The molecule has 0 aliphatic heterocycles. The maximum Gasteiger partial charge on any atom is 0.335 e. The van der Waals surface area contributed by atoms with E-state index in [0.29, 0.717) is 22.9 Å². The topological polar surface area (TPSA) is 128 Å². The normalized spacial score (nSPS) is 10.7. The van der Waals surface area contributed by atoms with Crippen LogP contribution in [0.2, 0.25) is 0 Å². The Kier molecular flexibility index (Phi) is 8.10. The van der Waals surface area contributed by atoms with E-state index in [1.54, 1.807) is 60.7 Å². The average Bonchev–Trinajstić information content (AvgIpc) is 3.46. The number of benzene rings is 4. The van der Waals surface area contributed by atoms with Gasteiger partial charge in [0.05, 0.1) is 22.5 Å². The van der Waals surface area contributed by atoms with E-state index in [2.05, 4.69) is 5.10 Å². The van der Waals surface area contributed by atoms with E-state index in [0.717, 1.165) is 22.3 Å². The summed E-state index contributed by atoms with van der Waals surface area (Å²) >= 11 is 0. The first kappa shape index (κ1) is 27.9. The highest BCUT2D eigenvalue weighted by atomic mass is 16.5. The molecular formula is C33H26N2O7. The molecule has 0 atom stereocenters. The number of aromatic nitrogens is 2. The molecule has 42 heavy (non-hydrogen) atoms. The van der Waals surface area contributed by atoms with Crippen LogP contribution in [0.15, 0.2) is 103 Å². The van der Waals surface area contributed by atoms with Gasteiger partial charge in [0.1, 0.15) is 24.7 Å². The highest BCUT2D eigenvalue weighted by molar-refractivity contribution is 5.88. The molecule has 5 rings (SSSR count). The van der Waals surface area contributed by atoms with Crippen LogP contribution in [0.25, 0.3) is 22.5 Å². The molecule has 1 aromatic heterocycles. The summed E-state index contributed by atoms with van der Waals surface area (Å²) in [5.74, 6) is -1.02. The zero-order valence-corrected chi connectivity index (χ0v) is 22.6. The molecule has 0 saturated heterocycles. The molecule has 0 radical (unpaired) electrons. The second kappa shape index (κ2) is 12.2. The highest BCUT2D eigenvalue weighted by Crippen LogP contribution is 2.29. The molecule has 0 aliphatic rings. The number of carbonyl (C=O) groups excluding carboxylic acids is 1. The summed E-state index contributed by atoms with van der Waals surface area (Å²) in [6.45, 7) is 1.88. The number of rotatable bonds is 10. The van der Waals surface area contributed by atoms with Gasteiger partial charge >= 0.3 is 11.9 Å². The first-order chi connectivity index (χ1) is 20.3. The smallest absolute Gasteiger partial charge is 0.335 e. The van der Waals surface area contributed by atoms with Gasteiger partial charge in [-0.25, -0.2) is 9.59 Å². The number of aromatic carboxylic acids is 2. The predicted molar refractivity (Wildman–Crippen MR) is 155 cm³/mol. The van der Waals surface area contributed by atoms with Gasteiger partial charge in [0.25, 0.3) is 0 Å². The molecule has 0 amide bonds. The van der Waals surface area contributed by atoms with E-state index in [-0.39, 0.29) is 30.2 Å². The molecule has 2 N–H and O–H groups in total. The standard InChI is InChI=1S/C33H26N2O7/c1-21(36)35-31(25-10-14-29(15-11-25)42-20-23-5-3-7-27(17-23)33(39)40)18-30(34-35)24-8-12-28(13-9-24)41-19-22-4-2-6-26(16-22)32(37)38/h2-18H,19-20H2,1H3,(H,37,38)(H,39,40). The summed E-state index contributed by atoms with van der Waals surface area (Å²) in [5, 5.41) is 22.9. The highest BCUT2D eigenvalue weighted by Gasteiger charge is 2.15. The van der Waals surface area contributed by atoms with E-state index >= 15 is 0 Å². The van der Waals surface area contributed by atoms with Crippen LogP contribution in [0.4, 0.5) is 0 Å². The van der Waals surface area contributed by atoms with Crippen LogP contribution in [0.1, 0.15) is 43.6 Å². The van der Waals surface area contributed by atoms with Gasteiger partial charge in [-0.15, -0.1) is 0 Å². The molecule has 0 saturated carbocycles. The first-order valence-electron chi connectivity index (χ1n) is 13.0. The van der Waals surface area contributed by atoms with Crippen molar-refractivity contribution in [1.29, 1.82) is 0 Å². The quantitative estimate of drug-likeness (QED) is 0.199. The van der Waals surface area contributed by atoms with Crippen molar-refractivity contribution in [2.24, 2.45) is 0 Å². The van der Waals surface area contributed by atoms with Gasteiger partial charge in [-0.1, -0.05) is 24.3 Å². The summed E-state index contributed by atoms with van der Waals surface area (Å²) in [6.07, 6.45) is 0. The van der Waals surface area contributed by atoms with Gasteiger partial charge in [-0.05, 0) is 90.0 Å². The Hall–Kier alpha value is -5.70. The van der Waals surface area contributed by atoms with Crippen LogP contribution < -0.4 is 9.47 Å². The third-order valence-electron chi connectivity index (χ3n) is 6.47. The number of carboxylic acid groups (broad SMARTS) is 2. The fourth-order valence-corrected chi connectivity index (χ4v) is 4.33. The van der Waals surface area contributed by atoms with Crippen LogP contribution in [-0.4, -0.2) is 37.8 Å². The molecular weight excluding hydrogens is 536 g/mol. The maximum atomic E-state index is 12.4. The second-order valence-corrected chi connectivity index (χ2v) is 9.48. The fourth-order valence-electron chi connectivity index (χ4n) is 4.33. The van der Waals surface area contributed by atoms with Crippen molar-refractivity contribution < 1.29 is 34.1 Å². The van der Waals surface area contributed by atoms with Crippen LogP contribution in [0.3, 0.4) is 0 Å². The molecule has 5 aromatic rings. The molecule has 4 aromatic carbocycles. The van der Waals surface area contributed by atoms with Gasteiger partial charge < -0.3 is 19.7 Å². The Balaban J connectivity index is 1.27. The van der Waals surface area contributed by atoms with Gasteiger partial charge in [-0.2, -0.15) is 9.78 Å².